The summed E-state index contributed by atoms with van der Waals surface area (Å²) in [5, 5.41) is 0. The normalized spacial score (nSPS) is 27.4. The summed E-state index contributed by atoms with van der Waals surface area (Å²) in [7, 11) is 0. The van der Waals surface area contributed by atoms with Crippen LogP contribution in [0.2, 0.25) is 0 Å². The van der Waals surface area contributed by atoms with Gasteiger partial charge in [-0.2, -0.15) is 0 Å². The lowest BCUT2D eigenvalue weighted by Crippen LogP contribution is -2.25. The predicted molar refractivity (Wildman–Crippen MR) is 105 cm³/mol. The van der Waals surface area contributed by atoms with Crippen molar-refractivity contribution in [2.45, 2.75) is 58.2 Å². The molecule has 5 nitrogen and oxygen atoms in total. The molecule has 0 radical (unpaired) electrons. The van der Waals surface area contributed by atoms with Crippen LogP contribution in [0.3, 0.4) is 0 Å². The maximum atomic E-state index is 12.5. The third-order valence-corrected chi connectivity index (χ3v) is 5.78. The third kappa shape index (κ3) is 4.70. The fourth-order valence-corrected chi connectivity index (χ4v) is 4.09. The highest BCUT2D eigenvalue weighted by Gasteiger charge is 2.50. The molecule has 1 aliphatic carbocycles. The van der Waals surface area contributed by atoms with Gasteiger partial charge in [-0.1, -0.05) is 51.0 Å². The maximum Gasteiger partial charge on any atom is 0.338 e. The number of hydrogen-bond donors (Lipinski definition) is 0. The van der Waals surface area contributed by atoms with E-state index in [4.69, 9.17) is 9.47 Å². The van der Waals surface area contributed by atoms with Gasteiger partial charge in [-0.05, 0) is 24.6 Å². The summed E-state index contributed by atoms with van der Waals surface area (Å²) in [6.45, 7) is 4.05. The molecule has 0 bridgehead atoms. The quantitative estimate of drug-likeness (QED) is 0.498. The highest BCUT2D eigenvalue weighted by molar-refractivity contribution is 5.91. The van der Waals surface area contributed by atoms with Gasteiger partial charge >= 0.3 is 11.9 Å². The number of ketones is 1. The van der Waals surface area contributed by atoms with Crippen LogP contribution in [0.5, 0.6) is 0 Å². The average molecular weight is 384 g/mol. The molecular formula is C23H28O5. The molecule has 1 saturated carbocycles. The monoisotopic (exact) mass is 384 g/mol. The van der Waals surface area contributed by atoms with Gasteiger partial charge in [0.25, 0.3) is 0 Å². The molecule has 5 atom stereocenters. The molecule has 1 saturated heterocycles. The lowest BCUT2D eigenvalue weighted by atomic mass is 9.90. The third-order valence-electron chi connectivity index (χ3n) is 5.78. The Balaban J connectivity index is 1.70. The number of fused-ring (bicyclic) bond motifs is 1. The van der Waals surface area contributed by atoms with Crippen LogP contribution < -0.4 is 0 Å². The van der Waals surface area contributed by atoms with Crippen molar-refractivity contribution in [1.82, 2.24) is 0 Å². The first-order valence-electron chi connectivity index (χ1n) is 10.2. The van der Waals surface area contributed by atoms with Gasteiger partial charge in [-0.3, -0.25) is 9.59 Å². The average Bonchev–Trinajstić information content (AvgIpc) is 3.20. The summed E-state index contributed by atoms with van der Waals surface area (Å²) in [4.78, 5) is 36.6. The Hall–Kier alpha value is -2.43. The summed E-state index contributed by atoms with van der Waals surface area (Å²) in [6.07, 6.45) is 6.53. The molecule has 1 aliphatic heterocycles. The minimum atomic E-state index is -0.397. The van der Waals surface area contributed by atoms with E-state index in [-0.39, 0.29) is 35.6 Å². The van der Waals surface area contributed by atoms with Crippen LogP contribution in [0.15, 0.2) is 42.5 Å². The molecule has 0 amide bonds. The molecule has 1 aromatic carbocycles. The second-order valence-electron chi connectivity index (χ2n) is 7.82. The summed E-state index contributed by atoms with van der Waals surface area (Å²) < 4.78 is 11.1. The SMILES string of the molecule is CCCCC(C)C(=O)C=C[C@@H]1[C@H]2CC(=O)O[C@H]2C[C@H]1OC(=O)c1ccccc1. The van der Waals surface area contributed by atoms with E-state index < -0.39 is 12.1 Å². The first kappa shape index (κ1) is 20.3. The van der Waals surface area contributed by atoms with Crippen molar-refractivity contribution in [2.24, 2.45) is 17.8 Å². The second-order valence-corrected chi connectivity index (χ2v) is 7.82. The van der Waals surface area contributed by atoms with E-state index in [0.717, 1.165) is 19.3 Å². The number of hydrogen-bond acceptors (Lipinski definition) is 5. The van der Waals surface area contributed by atoms with Gasteiger partial charge in [0, 0.05) is 24.2 Å². The van der Waals surface area contributed by atoms with Crippen molar-refractivity contribution in [3.05, 3.63) is 48.0 Å². The van der Waals surface area contributed by atoms with E-state index >= 15 is 0 Å². The van der Waals surface area contributed by atoms with Crippen LogP contribution in [0.1, 0.15) is 56.3 Å². The van der Waals surface area contributed by atoms with E-state index in [1.165, 1.54) is 0 Å². The molecule has 28 heavy (non-hydrogen) atoms. The zero-order valence-electron chi connectivity index (χ0n) is 16.5. The van der Waals surface area contributed by atoms with Crippen molar-refractivity contribution in [3.63, 3.8) is 0 Å². The van der Waals surface area contributed by atoms with E-state index in [2.05, 4.69) is 6.92 Å². The number of carbonyl (C=O) groups is 3. The minimum Gasteiger partial charge on any atom is -0.462 e. The summed E-state index contributed by atoms with van der Waals surface area (Å²) in [5.41, 5.74) is 0.489. The van der Waals surface area contributed by atoms with E-state index in [0.29, 0.717) is 18.4 Å². The number of ether oxygens (including phenoxy) is 2. The molecule has 5 heteroatoms. The number of allylic oxidation sites excluding steroid dienone is 1. The highest BCUT2D eigenvalue weighted by atomic mass is 16.6. The lowest BCUT2D eigenvalue weighted by molar-refractivity contribution is -0.141. The number of carbonyl (C=O) groups excluding carboxylic acids is 3. The van der Waals surface area contributed by atoms with Gasteiger partial charge in [0.1, 0.15) is 12.2 Å². The summed E-state index contributed by atoms with van der Waals surface area (Å²) >= 11 is 0. The number of unbranched alkanes of at least 4 members (excludes halogenated alkanes) is 1. The van der Waals surface area contributed by atoms with Gasteiger partial charge in [0.05, 0.1) is 12.0 Å². The van der Waals surface area contributed by atoms with Crippen molar-refractivity contribution in [1.29, 1.82) is 0 Å². The molecule has 0 spiro atoms. The molecule has 1 unspecified atom stereocenters. The van der Waals surface area contributed by atoms with Crippen molar-refractivity contribution < 1.29 is 23.9 Å². The van der Waals surface area contributed by atoms with Gasteiger partial charge in [0.2, 0.25) is 0 Å². The van der Waals surface area contributed by atoms with Gasteiger partial charge in [-0.25, -0.2) is 4.79 Å². The number of rotatable bonds is 8. The summed E-state index contributed by atoms with van der Waals surface area (Å²) in [5.74, 6) is -0.792. The van der Waals surface area contributed by atoms with E-state index in [9.17, 15) is 14.4 Å². The molecule has 3 rings (SSSR count). The van der Waals surface area contributed by atoms with Crippen LogP contribution >= 0.6 is 0 Å². The topological polar surface area (TPSA) is 69.7 Å². The zero-order chi connectivity index (χ0) is 20.1. The van der Waals surface area contributed by atoms with Crippen molar-refractivity contribution in [3.8, 4) is 0 Å². The van der Waals surface area contributed by atoms with Gasteiger partial charge < -0.3 is 9.47 Å². The van der Waals surface area contributed by atoms with Crippen LogP contribution in [0.4, 0.5) is 0 Å². The van der Waals surface area contributed by atoms with Gasteiger partial charge in [-0.15, -0.1) is 0 Å². The van der Waals surface area contributed by atoms with E-state index in [1.807, 2.05) is 19.1 Å². The molecule has 0 aromatic heterocycles. The summed E-state index contributed by atoms with van der Waals surface area (Å²) in [6, 6.07) is 8.84. The molecule has 2 aliphatic rings. The first-order chi connectivity index (χ1) is 13.5. The highest BCUT2D eigenvalue weighted by Crippen LogP contribution is 2.43. The predicted octanol–water partition coefficient (Wildman–Crippen LogP) is 4.12. The Morgan fingerprint density at radius 1 is 1.29 bits per heavy atom. The van der Waals surface area contributed by atoms with Crippen molar-refractivity contribution >= 4 is 17.7 Å². The van der Waals surface area contributed by atoms with E-state index in [1.54, 1.807) is 30.3 Å². The Morgan fingerprint density at radius 2 is 2.04 bits per heavy atom. The smallest absolute Gasteiger partial charge is 0.338 e. The Kier molecular flexibility index (Phi) is 6.65. The van der Waals surface area contributed by atoms with Crippen LogP contribution in [-0.4, -0.2) is 29.9 Å². The molecule has 150 valence electrons. The zero-order valence-corrected chi connectivity index (χ0v) is 16.5. The largest absolute Gasteiger partial charge is 0.462 e. The molecule has 2 fully saturated rings. The Morgan fingerprint density at radius 3 is 2.75 bits per heavy atom. The van der Waals surface area contributed by atoms with Gasteiger partial charge in [0.15, 0.2) is 5.78 Å². The Bertz CT molecular complexity index is 739. The molecule has 0 N–H and O–H groups in total. The fraction of sp³-hybridized carbons (Fsp3) is 0.522. The first-order valence-corrected chi connectivity index (χ1v) is 10.2. The van der Waals surface area contributed by atoms with Crippen LogP contribution in [0.25, 0.3) is 0 Å². The number of benzene rings is 1. The van der Waals surface area contributed by atoms with Crippen molar-refractivity contribution in [2.75, 3.05) is 0 Å². The number of esters is 2. The minimum absolute atomic E-state index is 0.0276. The fourth-order valence-electron chi connectivity index (χ4n) is 4.09. The molecule has 1 heterocycles. The lowest BCUT2D eigenvalue weighted by Gasteiger charge is -2.20. The molecular weight excluding hydrogens is 356 g/mol. The standard InChI is InChI=1S/C23H28O5/c1-3-4-8-15(2)19(24)12-11-17-18-13-22(25)27-21(18)14-20(17)28-23(26)16-9-6-5-7-10-16/h5-7,9-12,15,17-18,20-21H,3-4,8,13-14H2,1-2H3/t15?,17-,18-,20-,21+/m1/s1. The maximum absolute atomic E-state index is 12.5. The van der Waals surface area contributed by atoms with Crippen LogP contribution in [-0.2, 0) is 19.1 Å². The van der Waals surface area contributed by atoms with Crippen LogP contribution in [0, 0.1) is 17.8 Å². The Labute approximate surface area is 166 Å². The molecule has 1 aromatic rings. The second kappa shape index (κ2) is 9.18.